The maximum absolute atomic E-state index is 11.6. The molecule has 1 atom stereocenters. The van der Waals surface area contributed by atoms with Gasteiger partial charge < -0.3 is 10.1 Å². The number of nitrogens with one attached hydrogen (secondary N) is 1. The minimum absolute atomic E-state index is 0.0611. The molecular formula is C10H21NO3S. The van der Waals surface area contributed by atoms with Crippen LogP contribution in [-0.2, 0) is 14.6 Å². The van der Waals surface area contributed by atoms with Crippen LogP contribution in [0.5, 0.6) is 0 Å². The molecule has 5 heteroatoms. The number of ether oxygens (including phenoxy) is 1. The molecule has 0 aliphatic carbocycles. The Morgan fingerprint density at radius 1 is 1.47 bits per heavy atom. The molecule has 0 radical (unpaired) electrons. The molecule has 0 saturated carbocycles. The Morgan fingerprint density at radius 2 is 2.20 bits per heavy atom. The monoisotopic (exact) mass is 235 g/mol. The number of hydrogen-bond acceptors (Lipinski definition) is 4. The molecule has 1 rings (SSSR count). The Bertz CT molecular complexity index is 268. The standard InChI is InChI=1S/C10H21NO3S/c1-9(2)11-5-7-15(12,13)8-10-4-3-6-14-10/h9-11H,3-8H2,1-2H3. The number of rotatable bonds is 6. The van der Waals surface area contributed by atoms with Crippen LogP contribution in [0.2, 0.25) is 0 Å². The lowest BCUT2D eigenvalue weighted by molar-refractivity contribution is 0.127. The summed E-state index contributed by atoms with van der Waals surface area (Å²) in [4.78, 5) is 0. The van der Waals surface area contributed by atoms with Gasteiger partial charge in [0.2, 0.25) is 0 Å². The fourth-order valence-corrected chi connectivity index (χ4v) is 3.07. The van der Waals surface area contributed by atoms with Crippen molar-refractivity contribution in [1.82, 2.24) is 5.32 Å². The van der Waals surface area contributed by atoms with Gasteiger partial charge in [-0.25, -0.2) is 8.42 Å². The van der Waals surface area contributed by atoms with Gasteiger partial charge in [0.05, 0.1) is 17.6 Å². The predicted octanol–water partition coefficient (Wildman–Crippen LogP) is 0.578. The van der Waals surface area contributed by atoms with E-state index < -0.39 is 9.84 Å². The van der Waals surface area contributed by atoms with Crippen LogP contribution >= 0.6 is 0 Å². The van der Waals surface area contributed by atoms with Crippen LogP contribution in [0.25, 0.3) is 0 Å². The molecule has 1 aliphatic rings. The summed E-state index contributed by atoms with van der Waals surface area (Å²) >= 11 is 0. The maximum Gasteiger partial charge on any atom is 0.154 e. The van der Waals surface area contributed by atoms with Crippen molar-refractivity contribution in [3.05, 3.63) is 0 Å². The van der Waals surface area contributed by atoms with Crippen molar-refractivity contribution < 1.29 is 13.2 Å². The highest BCUT2D eigenvalue weighted by molar-refractivity contribution is 7.91. The summed E-state index contributed by atoms with van der Waals surface area (Å²) in [6.07, 6.45) is 1.82. The first-order valence-corrected chi connectivity index (χ1v) is 7.37. The Balaban J connectivity index is 2.25. The highest BCUT2D eigenvalue weighted by Gasteiger charge is 2.22. The van der Waals surface area contributed by atoms with Crippen molar-refractivity contribution >= 4 is 9.84 Å². The molecule has 0 aromatic heterocycles. The summed E-state index contributed by atoms with van der Waals surface area (Å²) in [6.45, 7) is 5.26. The molecular weight excluding hydrogens is 214 g/mol. The lowest BCUT2D eigenvalue weighted by Crippen LogP contribution is -2.31. The first-order chi connectivity index (χ1) is 6.99. The van der Waals surface area contributed by atoms with Crippen molar-refractivity contribution in [2.45, 2.75) is 38.8 Å². The second-order valence-corrected chi connectivity index (χ2v) is 6.59. The van der Waals surface area contributed by atoms with Crippen molar-refractivity contribution in [3.8, 4) is 0 Å². The van der Waals surface area contributed by atoms with E-state index in [1.165, 1.54) is 0 Å². The van der Waals surface area contributed by atoms with Crippen molar-refractivity contribution in [3.63, 3.8) is 0 Å². The van der Waals surface area contributed by atoms with Crippen LogP contribution in [0.15, 0.2) is 0 Å². The maximum atomic E-state index is 11.6. The molecule has 1 heterocycles. The van der Waals surface area contributed by atoms with E-state index >= 15 is 0 Å². The zero-order valence-electron chi connectivity index (χ0n) is 9.53. The lowest BCUT2D eigenvalue weighted by atomic mass is 10.3. The minimum atomic E-state index is -2.95. The zero-order chi connectivity index (χ0) is 11.3. The van der Waals surface area contributed by atoms with E-state index in [-0.39, 0.29) is 17.6 Å². The first-order valence-electron chi connectivity index (χ1n) is 5.55. The van der Waals surface area contributed by atoms with E-state index in [2.05, 4.69) is 5.32 Å². The van der Waals surface area contributed by atoms with Gasteiger partial charge in [0, 0.05) is 19.2 Å². The van der Waals surface area contributed by atoms with Gasteiger partial charge in [-0.3, -0.25) is 0 Å². The topological polar surface area (TPSA) is 55.4 Å². The smallest absolute Gasteiger partial charge is 0.154 e. The van der Waals surface area contributed by atoms with E-state index in [0.29, 0.717) is 19.2 Å². The molecule has 1 saturated heterocycles. The van der Waals surface area contributed by atoms with Gasteiger partial charge in [-0.15, -0.1) is 0 Å². The SMILES string of the molecule is CC(C)NCCS(=O)(=O)CC1CCCO1. The second kappa shape index (κ2) is 5.82. The molecule has 1 unspecified atom stereocenters. The summed E-state index contributed by atoms with van der Waals surface area (Å²) in [5.41, 5.74) is 0. The molecule has 0 bridgehead atoms. The highest BCUT2D eigenvalue weighted by atomic mass is 32.2. The van der Waals surface area contributed by atoms with Gasteiger partial charge >= 0.3 is 0 Å². The highest BCUT2D eigenvalue weighted by Crippen LogP contribution is 2.14. The average molecular weight is 235 g/mol. The van der Waals surface area contributed by atoms with Crippen molar-refractivity contribution in [2.24, 2.45) is 0 Å². The fraction of sp³-hybridized carbons (Fsp3) is 1.00. The van der Waals surface area contributed by atoms with Gasteiger partial charge in [-0.05, 0) is 12.8 Å². The Hall–Kier alpha value is -0.130. The average Bonchev–Trinajstić information content (AvgIpc) is 2.54. The van der Waals surface area contributed by atoms with E-state index in [9.17, 15) is 8.42 Å². The minimum Gasteiger partial charge on any atom is -0.377 e. The van der Waals surface area contributed by atoms with Gasteiger partial charge in [0.25, 0.3) is 0 Å². The summed E-state index contributed by atoms with van der Waals surface area (Å²) in [7, 11) is -2.95. The number of sulfone groups is 1. The second-order valence-electron chi connectivity index (χ2n) is 4.36. The predicted molar refractivity (Wildman–Crippen MR) is 60.8 cm³/mol. The van der Waals surface area contributed by atoms with Crippen LogP contribution < -0.4 is 5.32 Å². The van der Waals surface area contributed by atoms with Crippen LogP contribution in [-0.4, -0.2) is 45.2 Å². The van der Waals surface area contributed by atoms with Gasteiger partial charge in [0.15, 0.2) is 9.84 Å². The molecule has 4 nitrogen and oxygen atoms in total. The summed E-state index contributed by atoms with van der Waals surface area (Å²) < 4.78 is 28.6. The van der Waals surface area contributed by atoms with Gasteiger partial charge in [-0.1, -0.05) is 13.8 Å². The third kappa shape index (κ3) is 5.49. The summed E-state index contributed by atoms with van der Waals surface area (Å²) in [5.74, 6) is 0.401. The largest absolute Gasteiger partial charge is 0.377 e. The third-order valence-electron chi connectivity index (χ3n) is 2.43. The van der Waals surface area contributed by atoms with Crippen LogP contribution in [0.3, 0.4) is 0 Å². The van der Waals surface area contributed by atoms with Gasteiger partial charge in [0.1, 0.15) is 0 Å². The Kier molecular flexibility index (Phi) is 5.02. The van der Waals surface area contributed by atoms with Gasteiger partial charge in [-0.2, -0.15) is 0 Å². The third-order valence-corrected chi connectivity index (χ3v) is 4.14. The molecule has 1 fully saturated rings. The fourth-order valence-electron chi connectivity index (χ4n) is 1.65. The normalized spacial score (nSPS) is 22.5. The molecule has 1 N–H and O–H groups in total. The molecule has 0 spiro atoms. The molecule has 0 aromatic rings. The van der Waals surface area contributed by atoms with E-state index in [1.807, 2.05) is 13.8 Å². The van der Waals surface area contributed by atoms with Crippen LogP contribution in [0.1, 0.15) is 26.7 Å². The Labute approximate surface area is 92.3 Å². The van der Waals surface area contributed by atoms with E-state index in [1.54, 1.807) is 0 Å². The summed E-state index contributed by atoms with van der Waals surface area (Å²) in [6, 6.07) is 0.336. The molecule has 0 amide bonds. The molecule has 90 valence electrons. The quantitative estimate of drug-likeness (QED) is 0.731. The number of hydrogen-bond donors (Lipinski definition) is 1. The van der Waals surface area contributed by atoms with Crippen molar-refractivity contribution in [1.29, 1.82) is 0 Å². The molecule has 15 heavy (non-hydrogen) atoms. The molecule has 0 aromatic carbocycles. The first kappa shape index (κ1) is 12.9. The lowest BCUT2D eigenvalue weighted by Gasteiger charge is -2.11. The summed E-state index contributed by atoms with van der Waals surface area (Å²) in [5, 5.41) is 3.11. The van der Waals surface area contributed by atoms with E-state index in [4.69, 9.17) is 4.74 Å². The van der Waals surface area contributed by atoms with Crippen molar-refractivity contribution in [2.75, 3.05) is 24.7 Å². The zero-order valence-corrected chi connectivity index (χ0v) is 10.3. The van der Waals surface area contributed by atoms with Crippen LogP contribution in [0.4, 0.5) is 0 Å². The Morgan fingerprint density at radius 3 is 2.73 bits per heavy atom. The van der Waals surface area contributed by atoms with Crippen LogP contribution in [0, 0.1) is 0 Å². The molecule has 1 aliphatic heterocycles. The van der Waals surface area contributed by atoms with E-state index in [0.717, 1.165) is 12.8 Å².